The first-order valence-electron chi connectivity index (χ1n) is 13.5. The predicted molar refractivity (Wildman–Crippen MR) is 148 cm³/mol. The van der Waals surface area contributed by atoms with Crippen LogP contribution in [0.25, 0.3) is 16.9 Å². The number of alkyl halides is 3. The summed E-state index contributed by atoms with van der Waals surface area (Å²) in [7, 11) is 0. The Kier molecular flexibility index (Phi) is 6.73. The molecule has 1 aromatic carbocycles. The third-order valence-electron chi connectivity index (χ3n) is 7.34. The van der Waals surface area contributed by atoms with E-state index < -0.39 is 12.7 Å². The standard InChI is InChI=1S/C28H31F3N8O/c1-18(2)38-26(40)22-16-32-27(35-25(22)39(38)24-5-3-4-23(34-24)19-6-7-19)33-20-8-10-21(11-9-20)37-14-12-36(13-15-37)17-28(29,30)31/h3-5,8-11,16,18-19H,6-7,12-15,17H2,1-2H3,(H,32,33,35). The van der Waals surface area contributed by atoms with Crippen molar-refractivity contribution in [2.24, 2.45) is 0 Å². The Bertz CT molecular complexity index is 1570. The zero-order chi connectivity index (χ0) is 28.0. The van der Waals surface area contributed by atoms with Gasteiger partial charge in [0.25, 0.3) is 5.56 Å². The first-order chi connectivity index (χ1) is 19.2. The number of halogens is 3. The van der Waals surface area contributed by atoms with Crippen LogP contribution in [0.15, 0.2) is 53.5 Å². The zero-order valence-electron chi connectivity index (χ0n) is 22.4. The Hall–Kier alpha value is -3.93. The van der Waals surface area contributed by atoms with Gasteiger partial charge in [-0.3, -0.25) is 9.69 Å². The molecule has 0 bridgehead atoms. The number of aromatic nitrogens is 5. The third kappa shape index (κ3) is 5.40. The fourth-order valence-electron chi connectivity index (χ4n) is 5.21. The van der Waals surface area contributed by atoms with Crippen molar-refractivity contribution in [1.82, 2.24) is 29.2 Å². The van der Waals surface area contributed by atoms with Gasteiger partial charge in [0.05, 0.1) is 6.54 Å². The molecular formula is C28H31F3N8O. The molecule has 6 rings (SSSR count). The Morgan fingerprint density at radius 3 is 2.38 bits per heavy atom. The molecule has 1 saturated heterocycles. The van der Waals surface area contributed by atoms with Crippen LogP contribution in [0.5, 0.6) is 0 Å². The molecular weight excluding hydrogens is 521 g/mol. The minimum atomic E-state index is -4.18. The van der Waals surface area contributed by atoms with Crippen molar-refractivity contribution in [2.75, 3.05) is 42.9 Å². The van der Waals surface area contributed by atoms with Crippen LogP contribution in [-0.4, -0.2) is 68.1 Å². The number of anilines is 3. The van der Waals surface area contributed by atoms with Gasteiger partial charge in [0.2, 0.25) is 5.95 Å². The maximum absolute atomic E-state index is 13.3. The van der Waals surface area contributed by atoms with Gasteiger partial charge in [-0.1, -0.05) is 6.07 Å². The third-order valence-corrected chi connectivity index (χ3v) is 7.34. The first kappa shape index (κ1) is 26.3. The SMILES string of the molecule is CC(C)n1c(=O)c2cnc(Nc3ccc(N4CCN(CC(F)(F)F)CC4)cc3)nc2n1-c1cccc(C2CC2)n1. The largest absolute Gasteiger partial charge is 0.401 e. The molecule has 0 radical (unpaired) electrons. The number of hydrogen-bond acceptors (Lipinski definition) is 7. The molecule has 4 heterocycles. The lowest BCUT2D eigenvalue weighted by Crippen LogP contribution is -2.49. The number of fused-ring (bicyclic) bond motifs is 1. The maximum Gasteiger partial charge on any atom is 0.401 e. The molecule has 2 aliphatic rings. The van der Waals surface area contributed by atoms with Gasteiger partial charge in [-0.15, -0.1) is 0 Å². The molecule has 12 heteroatoms. The molecule has 0 atom stereocenters. The summed E-state index contributed by atoms with van der Waals surface area (Å²) in [5, 5.41) is 3.63. The summed E-state index contributed by atoms with van der Waals surface area (Å²) in [4.78, 5) is 30.8. The van der Waals surface area contributed by atoms with E-state index in [-0.39, 0.29) is 11.6 Å². The fourth-order valence-corrected chi connectivity index (χ4v) is 5.21. The minimum absolute atomic E-state index is 0.118. The van der Waals surface area contributed by atoms with E-state index in [0.717, 1.165) is 29.9 Å². The first-order valence-corrected chi connectivity index (χ1v) is 13.5. The van der Waals surface area contributed by atoms with E-state index in [1.165, 1.54) is 4.90 Å². The second kappa shape index (κ2) is 10.2. The van der Waals surface area contributed by atoms with Crippen LogP contribution in [0.3, 0.4) is 0 Å². The fraction of sp³-hybridized carbons (Fsp3) is 0.429. The van der Waals surface area contributed by atoms with Gasteiger partial charge in [0.15, 0.2) is 11.5 Å². The Balaban J connectivity index is 1.24. The summed E-state index contributed by atoms with van der Waals surface area (Å²) >= 11 is 0. The van der Waals surface area contributed by atoms with Crippen molar-refractivity contribution in [3.63, 3.8) is 0 Å². The van der Waals surface area contributed by atoms with Crippen molar-refractivity contribution in [2.45, 2.75) is 44.8 Å². The Morgan fingerprint density at radius 2 is 1.73 bits per heavy atom. The molecule has 0 spiro atoms. The molecule has 210 valence electrons. The van der Waals surface area contributed by atoms with Gasteiger partial charge in [0, 0.05) is 61.4 Å². The summed E-state index contributed by atoms with van der Waals surface area (Å²) in [6.07, 6.45) is -0.377. The van der Waals surface area contributed by atoms with E-state index in [4.69, 9.17) is 9.97 Å². The van der Waals surface area contributed by atoms with Crippen LogP contribution >= 0.6 is 0 Å². The van der Waals surface area contributed by atoms with Crippen LogP contribution in [-0.2, 0) is 0 Å². The van der Waals surface area contributed by atoms with Crippen molar-refractivity contribution in [1.29, 1.82) is 0 Å². The molecule has 3 aromatic heterocycles. The minimum Gasteiger partial charge on any atom is -0.369 e. The lowest BCUT2D eigenvalue weighted by molar-refractivity contribution is -0.146. The van der Waals surface area contributed by atoms with Crippen LogP contribution in [0.2, 0.25) is 0 Å². The summed E-state index contributed by atoms with van der Waals surface area (Å²) in [5.41, 5.74) is 3.03. The molecule has 2 fully saturated rings. The van der Waals surface area contributed by atoms with Gasteiger partial charge >= 0.3 is 6.18 Å². The highest BCUT2D eigenvalue weighted by atomic mass is 19.4. The smallest absolute Gasteiger partial charge is 0.369 e. The van der Waals surface area contributed by atoms with Gasteiger partial charge < -0.3 is 10.2 Å². The Morgan fingerprint density at radius 1 is 1.00 bits per heavy atom. The second-order valence-corrected chi connectivity index (χ2v) is 10.7. The van der Waals surface area contributed by atoms with Crippen LogP contribution in [0.1, 0.15) is 44.3 Å². The number of rotatable bonds is 7. The van der Waals surface area contributed by atoms with E-state index in [2.05, 4.69) is 15.2 Å². The molecule has 0 unspecified atom stereocenters. The van der Waals surface area contributed by atoms with Crippen molar-refractivity contribution < 1.29 is 13.2 Å². The van der Waals surface area contributed by atoms with Crippen LogP contribution in [0, 0.1) is 0 Å². The lowest BCUT2D eigenvalue weighted by Gasteiger charge is -2.36. The normalized spacial score (nSPS) is 16.7. The molecule has 9 nitrogen and oxygen atoms in total. The van der Waals surface area contributed by atoms with Gasteiger partial charge in [-0.2, -0.15) is 18.2 Å². The molecule has 1 N–H and O–H groups in total. The van der Waals surface area contributed by atoms with E-state index in [0.29, 0.717) is 54.9 Å². The number of piperazine rings is 1. The second-order valence-electron chi connectivity index (χ2n) is 10.7. The van der Waals surface area contributed by atoms with Crippen LogP contribution < -0.4 is 15.8 Å². The van der Waals surface area contributed by atoms with Crippen molar-refractivity contribution >= 4 is 28.4 Å². The number of benzene rings is 1. The lowest BCUT2D eigenvalue weighted by atomic mass is 10.2. The highest BCUT2D eigenvalue weighted by Crippen LogP contribution is 2.39. The quantitative estimate of drug-likeness (QED) is 0.351. The highest BCUT2D eigenvalue weighted by Gasteiger charge is 2.32. The molecule has 4 aromatic rings. The zero-order valence-corrected chi connectivity index (χ0v) is 22.4. The summed E-state index contributed by atoms with van der Waals surface area (Å²) < 4.78 is 41.5. The predicted octanol–water partition coefficient (Wildman–Crippen LogP) is 4.86. The summed E-state index contributed by atoms with van der Waals surface area (Å²) in [6.45, 7) is 4.82. The number of hydrogen-bond donors (Lipinski definition) is 1. The molecule has 0 amide bonds. The number of nitrogens with zero attached hydrogens (tertiary/aromatic N) is 7. The summed E-state index contributed by atoms with van der Waals surface area (Å²) in [6, 6.07) is 13.4. The Labute approximate surface area is 229 Å². The monoisotopic (exact) mass is 552 g/mol. The van der Waals surface area contributed by atoms with E-state index in [9.17, 15) is 18.0 Å². The van der Waals surface area contributed by atoms with Crippen molar-refractivity contribution in [3.8, 4) is 5.82 Å². The van der Waals surface area contributed by atoms with Gasteiger partial charge in [-0.05, 0) is 63.1 Å². The van der Waals surface area contributed by atoms with E-state index >= 15 is 0 Å². The summed E-state index contributed by atoms with van der Waals surface area (Å²) in [5.74, 6) is 1.46. The average molecular weight is 553 g/mol. The number of nitrogens with one attached hydrogen (secondary N) is 1. The van der Waals surface area contributed by atoms with Crippen molar-refractivity contribution in [3.05, 3.63) is 64.7 Å². The van der Waals surface area contributed by atoms with Gasteiger partial charge in [-0.25, -0.2) is 19.3 Å². The topological polar surface area (TPSA) is 84.1 Å². The highest BCUT2D eigenvalue weighted by molar-refractivity contribution is 5.77. The maximum atomic E-state index is 13.3. The van der Waals surface area contributed by atoms with E-state index in [1.807, 2.05) is 56.3 Å². The molecule has 1 saturated carbocycles. The molecule has 40 heavy (non-hydrogen) atoms. The average Bonchev–Trinajstić information content (AvgIpc) is 3.73. The van der Waals surface area contributed by atoms with E-state index in [1.54, 1.807) is 15.6 Å². The molecule has 1 aliphatic carbocycles. The number of pyridine rings is 1. The molecule has 1 aliphatic heterocycles. The van der Waals surface area contributed by atoms with Gasteiger partial charge in [0.1, 0.15) is 5.39 Å². The van der Waals surface area contributed by atoms with Crippen LogP contribution in [0.4, 0.5) is 30.5 Å².